The van der Waals surface area contributed by atoms with Gasteiger partial charge in [-0.25, -0.2) is 18.2 Å². The van der Waals surface area contributed by atoms with Crippen molar-refractivity contribution in [3.63, 3.8) is 0 Å². The van der Waals surface area contributed by atoms with Crippen LogP contribution in [0.4, 0.5) is 13.2 Å². The van der Waals surface area contributed by atoms with Crippen molar-refractivity contribution in [2.45, 2.75) is 46.3 Å². The summed E-state index contributed by atoms with van der Waals surface area (Å²) in [6, 6.07) is 0.729. The van der Waals surface area contributed by atoms with E-state index in [0.29, 0.717) is 24.8 Å². The highest BCUT2D eigenvalue weighted by atomic mass is 19.2. The third-order valence-corrected chi connectivity index (χ3v) is 5.41. The number of nitrogens with one attached hydrogen (secondary N) is 1. The molecule has 0 radical (unpaired) electrons. The highest BCUT2D eigenvalue weighted by Gasteiger charge is 2.31. The molecular formula is C21H27F3N4O2. The molecule has 6 nitrogen and oxygen atoms in total. The van der Waals surface area contributed by atoms with Gasteiger partial charge in [0.25, 0.3) is 5.91 Å². The smallest absolute Gasteiger partial charge is 0.272 e. The van der Waals surface area contributed by atoms with Crippen molar-refractivity contribution in [1.29, 1.82) is 0 Å². The van der Waals surface area contributed by atoms with Crippen LogP contribution in [0.1, 0.15) is 43.4 Å². The van der Waals surface area contributed by atoms with E-state index in [1.54, 1.807) is 4.57 Å². The minimum absolute atomic E-state index is 0.0816. The molecule has 2 aromatic rings. The van der Waals surface area contributed by atoms with Gasteiger partial charge in [0, 0.05) is 19.2 Å². The first-order valence-corrected chi connectivity index (χ1v) is 9.87. The number of nitrogens with zero attached hydrogens (tertiary/aromatic N) is 3. The molecule has 0 spiro atoms. The number of benzene rings is 1. The van der Waals surface area contributed by atoms with Crippen molar-refractivity contribution in [3.8, 4) is 11.4 Å². The van der Waals surface area contributed by atoms with Gasteiger partial charge in [0.05, 0.1) is 23.9 Å². The molecule has 1 aromatic carbocycles. The van der Waals surface area contributed by atoms with Crippen LogP contribution in [0.2, 0.25) is 0 Å². The topological polar surface area (TPSA) is 70.4 Å². The molecule has 164 valence electrons. The predicted octanol–water partition coefficient (Wildman–Crippen LogP) is 2.94. The summed E-state index contributed by atoms with van der Waals surface area (Å²) in [6.07, 6.45) is 0.723. The summed E-state index contributed by atoms with van der Waals surface area (Å²) >= 11 is 0. The number of halogens is 3. The van der Waals surface area contributed by atoms with Crippen LogP contribution in [0, 0.1) is 22.9 Å². The van der Waals surface area contributed by atoms with Crippen molar-refractivity contribution in [3.05, 3.63) is 41.0 Å². The number of fused-ring (bicyclic) bond motifs is 1. The summed E-state index contributed by atoms with van der Waals surface area (Å²) in [7, 11) is 1.90. The lowest BCUT2D eigenvalue weighted by molar-refractivity contribution is 0.0841. The number of aliphatic hydroxyl groups excluding tert-OH is 1. The van der Waals surface area contributed by atoms with E-state index >= 15 is 0 Å². The number of hydrogen-bond acceptors (Lipinski definition) is 4. The molecule has 0 aliphatic carbocycles. The molecule has 0 fully saturated rings. The number of carbonyl (C=O) groups excluding carboxylic acids is 1. The van der Waals surface area contributed by atoms with Gasteiger partial charge >= 0.3 is 0 Å². The number of hydrogen-bond donors (Lipinski definition) is 2. The van der Waals surface area contributed by atoms with E-state index in [-0.39, 0.29) is 23.7 Å². The standard InChI is InChI=1S/C21H27F3N4O2/c1-21(2,3)17(11-29)25-20(30)18-16-10-27(4)6-5-7-28(16)19(26-18)12-8-14(23)15(24)9-13(12)22/h8-9,17,29H,5-7,10-11H2,1-4H3,(H,25,30). The van der Waals surface area contributed by atoms with E-state index in [4.69, 9.17) is 0 Å². The Bertz CT molecular complexity index is 953. The summed E-state index contributed by atoms with van der Waals surface area (Å²) < 4.78 is 43.4. The molecule has 1 aliphatic heterocycles. The van der Waals surface area contributed by atoms with Gasteiger partial charge in [-0.3, -0.25) is 4.79 Å². The van der Waals surface area contributed by atoms with Crippen LogP contribution in [-0.2, 0) is 13.1 Å². The lowest BCUT2D eigenvalue weighted by Gasteiger charge is -2.29. The Morgan fingerprint density at radius 2 is 1.87 bits per heavy atom. The lowest BCUT2D eigenvalue weighted by atomic mass is 9.87. The molecule has 0 saturated carbocycles. The maximum atomic E-state index is 14.5. The molecule has 2 heterocycles. The summed E-state index contributed by atoms with van der Waals surface area (Å²) in [4.78, 5) is 19.4. The van der Waals surface area contributed by atoms with Gasteiger partial charge in [-0.15, -0.1) is 0 Å². The lowest BCUT2D eigenvalue weighted by Crippen LogP contribution is -2.46. The van der Waals surface area contributed by atoms with Crippen molar-refractivity contribution < 1.29 is 23.1 Å². The van der Waals surface area contributed by atoms with Crippen LogP contribution in [-0.4, -0.2) is 51.7 Å². The van der Waals surface area contributed by atoms with E-state index in [9.17, 15) is 23.1 Å². The summed E-state index contributed by atoms with van der Waals surface area (Å²) in [5.74, 6) is -3.84. The highest BCUT2D eigenvalue weighted by molar-refractivity contribution is 5.94. The average molecular weight is 424 g/mol. The fourth-order valence-corrected chi connectivity index (χ4v) is 3.57. The average Bonchev–Trinajstić information content (AvgIpc) is 2.87. The largest absolute Gasteiger partial charge is 0.394 e. The number of carbonyl (C=O) groups is 1. The van der Waals surface area contributed by atoms with Crippen molar-refractivity contribution >= 4 is 5.91 Å². The second-order valence-electron chi connectivity index (χ2n) is 8.79. The molecule has 0 saturated heterocycles. The van der Waals surface area contributed by atoms with Crippen LogP contribution >= 0.6 is 0 Å². The Hall–Kier alpha value is -2.39. The third-order valence-electron chi connectivity index (χ3n) is 5.41. The van der Waals surface area contributed by atoms with E-state index in [0.717, 1.165) is 19.0 Å². The molecule has 9 heteroatoms. The monoisotopic (exact) mass is 424 g/mol. The summed E-state index contributed by atoms with van der Waals surface area (Å²) in [5, 5.41) is 12.5. The normalized spacial score (nSPS) is 16.1. The molecular weight excluding hydrogens is 397 g/mol. The molecule has 1 aliphatic rings. The maximum Gasteiger partial charge on any atom is 0.272 e. The van der Waals surface area contributed by atoms with Gasteiger partial charge < -0.3 is 19.9 Å². The number of aliphatic hydroxyl groups is 1. The quantitative estimate of drug-likeness (QED) is 0.741. The minimum atomic E-state index is -1.28. The third kappa shape index (κ3) is 4.37. The second-order valence-corrected chi connectivity index (χ2v) is 8.79. The van der Waals surface area contributed by atoms with Crippen molar-refractivity contribution in [1.82, 2.24) is 19.8 Å². The van der Waals surface area contributed by atoms with Crippen molar-refractivity contribution in [2.24, 2.45) is 5.41 Å². The molecule has 3 rings (SSSR count). The van der Waals surface area contributed by atoms with E-state index in [1.807, 2.05) is 32.7 Å². The molecule has 1 aromatic heterocycles. The summed E-state index contributed by atoms with van der Waals surface area (Å²) in [6.45, 7) is 7.00. The van der Waals surface area contributed by atoms with Gasteiger partial charge in [-0.1, -0.05) is 20.8 Å². The number of rotatable bonds is 4. The minimum Gasteiger partial charge on any atom is -0.394 e. The number of aromatic nitrogens is 2. The molecule has 1 unspecified atom stereocenters. The van der Waals surface area contributed by atoms with Gasteiger partial charge in [0.2, 0.25) is 0 Å². The Morgan fingerprint density at radius 3 is 2.50 bits per heavy atom. The van der Waals surface area contributed by atoms with Crippen LogP contribution in [0.15, 0.2) is 12.1 Å². The van der Waals surface area contributed by atoms with Crippen molar-refractivity contribution in [2.75, 3.05) is 20.2 Å². The van der Waals surface area contributed by atoms with Crippen LogP contribution in [0.5, 0.6) is 0 Å². The van der Waals surface area contributed by atoms with Gasteiger partial charge in [-0.05, 0) is 31.5 Å². The fourth-order valence-electron chi connectivity index (χ4n) is 3.57. The Balaban J connectivity index is 2.11. The first-order valence-electron chi connectivity index (χ1n) is 9.87. The molecule has 2 N–H and O–H groups in total. The van der Waals surface area contributed by atoms with Gasteiger partial charge in [0.1, 0.15) is 11.6 Å². The number of amides is 1. The van der Waals surface area contributed by atoms with E-state index < -0.39 is 34.8 Å². The second kappa shape index (κ2) is 8.39. The molecule has 0 bridgehead atoms. The Kier molecular flexibility index (Phi) is 6.24. The predicted molar refractivity (Wildman–Crippen MR) is 106 cm³/mol. The van der Waals surface area contributed by atoms with Crippen LogP contribution < -0.4 is 5.32 Å². The molecule has 1 amide bonds. The van der Waals surface area contributed by atoms with Crippen LogP contribution in [0.3, 0.4) is 0 Å². The Labute approximate surface area is 173 Å². The van der Waals surface area contributed by atoms with Gasteiger partial charge in [-0.2, -0.15) is 0 Å². The summed E-state index contributed by atoms with van der Waals surface area (Å²) in [5.41, 5.74) is 0.0588. The maximum absolute atomic E-state index is 14.5. The fraction of sp³-hybridized carbons (Fsp3) is 0.524. The molecule has 1 atom stereocenters. The highest BCUT2D eigenvalue weighted by Crippen LogP contribution is 2.30. The zero-order valence-corrected chi connectivity index (χ0v) is 17.6. The zero-order valence-electron chi connectivity index (χ0n) is 17.6. The molecule has 30 heavy (non-hydrogen) atoms. The first kappa shape index (κ1) is 22.3. The Morgan fingerprint density at radius 1 is 1.20 bits per heavy atom. The van der Waals surface area contributed by atoms with Crippen LogP contribution in [0.25, 0.3) is 11.4 Å². The van der Waals surface area contributed by atoms with E-state index in [1.165, 1.54) is 0 Å². The van der Waals surface area contributed by atoms with Gasteiger partial charge in [0.15, 0.2) is 17.3 Å². The number of imidazole rings is 1. The zero-order chi connectivity index (χ0) is 22.2. The van der Waals surface area contributed by atoms with E-state index in [2.05, 4.69) is 10.3 Å². The SMILES string of the molecule is CN1CCCn2c(-c3cc(F)c(F)cc3F)nc(C(=O)NC(CO)C(C)(C)C)c2C1. The first-order chi connectivity index (χ1) is 14.0.